The van der Waals surface area contributed by atoms with E-state index in [1.807, 2.05) is 0 Å². The number of aliphatic carboxylic acids is 1. The maximum absolute atomic E-state index is 10.5. The Hall–Kier alpha value is -0.320. The molecule has 90 valence electrons. The third kappa shape index (κ3) is 4.82. The topological polar surface area (TPSA) is 83.5 Å². The van der Waals surface area contributed by atoms with Crippen molar-refractivity contribution in [3.63, 3.8) is 0 Å². The molecule has 1 aliphatic carbocycles. The lowest BCUT2D eigenvalue weighted by molar-refractivity contribution is -0.147. The second-order valence-corrected chi connectivity index (χ2v) is 4.19. The zero-order valence-corrected chi connectivity index (χ0v) is 9.58. The van der Waals surface area contributed by atoms with Crippen LogP contribution in [-0.4, -0.2) is 28.3 Å². The van der Waals surface area contributed by atoms with Gasteiger partial charge in [-0.3, -0.25) is 0 Å². The van der Waals surface area contributed by atoms with E-state index in [0.29, 0.717) is 12.3 Å². The summed E-state index contributed by atoms with van der Waals surface area (Å²) in [5, 5.41) is 17.8. The van der Waals surface area contributed by atoms with Crippen molar-refractivity contribution in [3.05, 3.63) is 0 Å². The van der Waals surface area contributed by atoms with Crippen molar-refractivity contribution < 1.29 is 15.0 Å². The Labute approximate surface area is 96.3 Å². The first-order valence-electron chi connectivity index (χ1n) is 5.27. The summed E-state index contributed by atoms with van der Waals surface area (Å²) in [5.74, 6) is -0.707. The minimum Gasteiger partial charge on any atom is -0.479 e. The van der Waals surface area contributed by atoms with Crippen LogP contribution in [0.4, 0.5) is 0 Å². The summed E-state index contributed by atoms with van der Waals surface area (Å²) in [6.45, 7) is 0. The molecule has 0 amide bonds. The average molecular weight is 238 g/mol. The van der Waals surface area contributed by atoms with Crippen LogP contribution in [-0.2, 0) is 4.79 Å². The third-order valence-corrected chi connectivity index (χ3v) is 2.99. The molecule has 4 nitrogen and oxygen atoms in total. The fourth-order valence-electron chi connectivity index (χ4n) is 2.12. The summed E-state index contributed by atoms with van der Waals surface area (Å²) < 4.78 is 0. The van der Waals surface area contributed by atoms with Gasteiger partial charge in [0.25, 0.3) is 0 Å². The predicted octanol–water partition coefficient (Wildman–Crippen LogP) is 1.15. The van der Waals surface area contributed by atoms with Gasteiger partial charge in [-0.15, -0.1) is 12.4 Å². The molecule has 0 heterocycles. The van der Waals surface area contributed by atoms with E-state index in [4.69, 9.17) is 10.8 Å². The standard InChI is InChI=1S/C10H19NO3.ClH/c11-8(9(12)10(13)14)6-7-4-2-1-3-5-7;/h7-9,12H,1-6,11H2,(H,13,14);1H/t8-,9?;/m0./s1. The first-order chi connectivity index (χ1) is 6.61. The molecule has 0 radical (unpaired) electrons. The molecule has 2 atom stereocenters. The van der Waals surface area contributed by atoms with Gasteiger partial charge in [0.15, 0.2) is 6.10 Å². The van der Waals surface area contributed by atoms with Crippen LogP contribution in [0.2, 0.25) is 0 Å². The second-order valence-electron chi connectivity index (χ2n) is 4.19. The molecule has 0 saturated heterocycles. The quantitative estimate of drug-likeness (QED) is 0.685. The number of aliphatic hydroxyl groups excluding tert-OH is 1. The van der Waals surface area contributed by atoms with Gasteiger partial charge >= 0.3 is 5.97 Å². The monoisotopic (exact) mass is 237 g/mol. The van der Waals surface area contributed by atoms with Gasteiger partial charge in [0.05, 0.1) is 0 Å². The summed E-state index contributed by atoms with van der Waals surface area (Å²) in [5.41, 5.74) is 5.62. The molecule has 0 aromatic heterocycles. The maximum Gasteiger partial charge on any atom is 0.334 e. The lowest BCUT2D eigenvalue weighted by Gasteiger charge is -2.25. The van der Waals surface area contributed by atoms with Crippen LogP contribution >= 0.6 is 12.4 Å². The Balaban J connectivity index is 0.00000196. The van der Waals surface area contributed by atoms with Crippen LogP contribution < -0.4 is 5.73 Å². The summed E-state index contributed by atoms with van der Waals surface area (Å²) in [6.07, 6.45) is 5.17. The highest BCUT2D eigenvalue weighted by atomic mass is 35.5. The summed E-state index contributed by atoms with van der Waals surface area (Å²) in [7, 11) is 0. The van der Waals surface area contributed by atoms with Gasteiger partial charge in [-0.2, -0.15) is 0 Å². The fraction of sp³-hybridized carbons (Fsp3) is 0.900. The van der Waals surface area contributed by atoms with Gasteiger partial charge < -0.3 is 15.9 Å². The van der Waals surface area contributed by atoms with Crippen LogP contribution in [0, 0.1) is 5.92 Å². The lowest BCUT2D eigenvalue weighted by Crippen LogP contribution is -2.41. The first-order valence-corrected chi connectivity index (χ1v) is 5.27. The largest absolute Gasteiger partial charge is 0.479 e. The van der Waals surface area contributed by atoms with E-state index in [2.05, 4.69) is 0 Å². The van der Waals surface area contributed by atoms with Crippen LogP contribution in [0.15, 0.2) is 0 Å². The normalized spacial score (nSPS) is 21.5. The minimum atomic E-state index is -1.41. The van der Waals surface area contributed by atoms with E-state index < -0.39 is 18.1 Å². The van der Waals surface area contributed by atoms with E-state index in [-0.39, 0.29) is 12.4 Å². The molecule has 15 heavy (non-hydrogen) atoms. The van der Waals surface area contributed by atoms with Gasteiger partial charge in [-0.1, -0.05) is 32.1 Å². The zero-order valence-electron chi connectivity index (χ0n) is 8.76. The lowest BCUT2D eigenvalue weighted by atomic mass is 9.84. The number of aliphatic hydroxyl groups is 1. The van der Waals surface area contributed by atoms with Gasteiger partial charge in [0.1, 0.15) is 0 Å². The third-order valence-electron chi connectivity index (χ3n) is 2.99. The zero-order chi connectivity index (χ0) is 10.6. The number of carboxylic acids is 1. The number of nitrogens with two attached hydrogens (primary N) is 1. The molecule has 1 unspecified atom stereocenters. The van der Waals surface area contributed by atoms with Gasteiger partial charge in [-0.05, 0) is 12.3 Å². The van der Waals surface area contributed by atoms with Gasteiger partial charge in [0.2, 0.25) is 0 Å². The molecule has 1 rings (SSSR count). The molecule has 1 aliphatic rings. The molecule has 5 heteroatoms. The fourth-order valence-corrected chi connectivity index (χ4v) is 2.12. The molecule has 1 saturated carbocycles. The predicted molar refractivity (Wildman–Crippen MR) is 60.1 cm³/mol. The molecule has 0 aliphatic heterocycles. The van der Waals surface area contributed by atoms with Crippen molar-refractivity contribution in [2.75, 3.05) is 0 Å². The van der Waals surface area contributed by atoms with Crippen LogP contribution in [0.1, 0.15) is 38.5 Å². The molecule has 1 fully saturated rings. The number of hydrogen-bond acceptors (Lipinski definition) is 3. The van der Waals surface area contributed by atoms with Crippen molar-refractivity contribution in [3.8, 4) is 0 Å². The van der Waals surface area contributed by atoms with Crippen LogP contribution in [0.25, 0.3) is 0 Å². The Bertz CT molecular complexity index is 195. The minimum absolute atomic E-state index is 0. The highest BCUT2D eigenvalue weighted by molar-refractivity contribution is 5.85. The second kappa shape index (κ2) is 7.04. The number of rotatable bonds is 4. The summed E-state index contributed by atoms with van der Waals surface area (Å²) in [6, 6.07) is -0.615. The molecule has 0 spiro atoms. The Morgan fingerprint density at radius 2 is 1.87 bits per heavy atom. The van der Waals surface area contributed by atoms with E-state index in [1.54, 1.807) is 0 Å². The highest BCUT2D eigenvalue weighted by Crippen LogP contribution is 2.27. The molecular weight excluding hydrogens is 218 g/mol. The molecular formula is C10H20ClNO3. The highest BCUT2D eigenvalue weighted by Gasteiger charge is 2.25. The molecule has 0 bridgehead atoms. The molecule has 4 N–H and O–H groups in total. The van der Waals surface area contributed by atoms with E-state index in [9.17, 15) is 9.90 Å². The maximum atomic E-state index is 10.5. The number of hydrogen-bond donors (Lipinski definition) is 3. The summed E-state index contributed by atoms with van der Waals surface area (Å²) >= 11 is 0. The molecule has 0 aromatic rings. The van der Waals surface area contributed by atoms with Crippen LogP contribution in [0.3, 0.4) is 0 Å². The van der Waals surface area contributed by atoms with E-state index in [0.717, 1.165) is 12.8 Å². The van der Waals surface area contributed by atoms with Crippen molar-refractivity contribution in [2.45, 2.75) is 50.7 Å². The molecule has 0 aromatic carbocycles. The van der Waals surface area contributed by atoms with E-state index >= 15 is 0 Å². The Morgan fingerprint density at radius 3 is 2.33 bits per heavy atom. The smallest absolute Gasteiger partial charge is 0.334 e. The van der Waals surface area contributed by atoms with Crippen molar-refractivity contribution in [1.82, 2.24) is 0 Å². The number of carboxylic acid groups (broad SMARTS) is 1. The van der Waals surface area contributed by atoms with Crippen LogP contribution in [0.5, 0.6) is 0 Å². The first kappa shape index (κ1) is 14.7. The number of carbonyl (C=O) groups is 1. The Kier molecular flexibility index (Phi) is 6.89. The van der Waals surface area contributed by atoms with Crippen molar-refractivity contribution in [2.24, 2.45) is 11.7 Å². The number of halogens is 1. The average Bonchev–Trinajstić information content (AvgIpc) is 2.18. The summed E-state index contributed by atoms with van der Waals surface area (Å²) in [4.78, 5) is 10.5. The van der Waals surface area contributed by atoms with Crippen molar-refractivity contribution >= 4 is 18.4 Å². The van der Waals surface area contributed by atoms with Gasteiger partial charge in [0, 0.05) is 6.04 Å². The Morgan fingerprint density at radius 1 is 1.33 bits per heavy atom. The van der Waals surface area contributed by atoms with E-state index in [1.165, 1.54) is 19.3 Å². The van der Waals surface area contributed by atoms with Crippen molar-refractivity contribution in [1.29, 1.82) is 0 Å². The SMILES string of the molecule is Cl.N[C@@H](CC1CCCCC1)C(O)C(=O)O. The van der Waals surface area contributed by atoms with Gasteiger partial charge in [-0.25, -0.2) is 4.79 Å².